The topological polar surface area (TPSA) is 0 Å². The maximum atomic E-state index is 3.33. The molecule has 0 aliphatic heterocycles. The largest absolute Gasteiger partial charge is 0.0925 e. The van der Waals surface area contributed by atoms with E-state index in [0.29, 0.717) is 0 Å². The molecule has 0 radical (unpaired) electrons. The molecular weight excluding hydrogens is 220 g/mol. The van der Waals surface area contributed by atoms with Gasteiger partial charge in [-0.05, 0) is 18.3 Å². The van der Waals surface area contributed by atoms with Crippen LogP contribution in [0.5, 0.6) is 0 Å². The van der Waals surface area contributed by atoms with E-state index in [9.17, 15) is 0 Å². The van der Waals surface area contributed by atoms with Gasteiger partial charge in [-0.3, -0.25) is 0 Å². The van der Waals surface area contributed by atoms with Gasteiger partial charge in [-0.25, -0.2) is 0 Å². The third-order valence-electron chi connectivity index (χ3n) is 0.675. The van der Waals surface area contributed by atoms with E-state index in [1.165, 1.54) is 5.57 Å². The lowest BCUT2D eigenvalue weighted by atomic mass is 10.3. The van der Waals surface area contributed by atoms with Gasteiger partial charge in [0.2, 0.25) is 0 Å². The van der Waals surface area contributed by atoms with Gasteiger partial charge in [0, 0.05) is 5.33 Å². The Labute approximate surface area is 61.2 Å². The van der Waals surface area contributed by atoms with Crippen molar-refractivity contribution in [2.75, 3.05) is 5.33 Å². The van der Waals surface area contributed by atoms with Crippen LogP contribution in [0.1, 0.15) is 13.3 Å². The monoisotopic (exact) mass is 226 g/mol. The summed E-state index contributed by atoms with van der Waals surface area (Å²) in [5.41, 5.74) is 1.37. The van der Waals surface area contributed by atoms with Crippen molar-refractivity contribution in [3.05, 3.63) is 10.6 Å². The zero-order valence-electron chi connectivity index (χ0n) is 4.25. The summed E-state index contributed by atoms with van der Waals surface area (Å²) in [5, 5.41) is 1.06. The zero-order valence-corrected chi connectivity index (χ0v) is 7.42. The minimum atomic E-state index is 1.06. The Kier molecular flexibility index (Phi) is 5.33. The number of allylic oxidation sites excluding steroid dienone is 1. The summed E-state index contributed by atoms with van der Waals surface area (Å²) in [4.78, 5) is 1.95. The van der Waals surface area contributed by atoms with E-state index in [1.807, 2.05) is 4.99 Å². The van der Waals surface area contributed by atoms with Crippen LogP contribution in [0, 0.1) is 0 Å². The molecule has 0 aromatic heterocycles. The van der Waals surface area contributed by atoms with Crippen molar-refractivity contribution >= 4 is 31.9 Å². The summed E-state index contributed by atoms with van der Waals surface area (Å²) in [6, 6.07) is 0. The predicted octanol–water partition coefficient (Wildman–Crippen LogP) is 3.07. The Morgan fingerprint density at radius 2 is 2.29 bits per heavy atom. The average Bonchev–Trinajstić information content (AvgIpc) is 1.68. The Morgan fingerprint density at radius 3 is 2.43 bits per heavy atom. The Hall–Kier alpha value is 0.700. The van der Waals surface area contributed by atoms with Crippen LogP contribution in [-0.2, 0) is 0 Å². The molecule has 0 rings (SSSR count). The highest BCUT2D eigenvalue weighted by Gasteiger charge is 1.81. The van der Waals surface area contributed by atoms with E-state index in [1.54, 1.807) is 0 Å². The average molecular weight is 228 g/mol. The van der Waals surface area contributed by atoms with Gasteiger partial charge in [-0.1, -0.05) is 37.4 Å². The van der Waals surface area contributed by atoms with Gasteiger partial charge in [0.05, 0.1) is 0 Å². The molecule has 0 saturated heterocycles. The van der Waals surface area contributed by atoms with Gasteiger partial charge in [-0.15, -0.1) is 0 Å². The van der Waals surface area contributed by atoms with Crippen LogP contribution >= 0.6 is 31.9 Å². The number of hydrogen-bond acceptors (Lipinski definition) is 0. The SMILES string of the molecule is CC(=CBr)CCBr. The molecule has 2 heteroatoms. The molecule has 0 bridgehead atoms. The summed E-state index contributed by atoms with van der Waals surface area (Å²) in [7, 11) is 0. The minimum Gasteiger partial charge on any atom is -0.0925 e. The lowest BCUT2D eigenvalue weighted by Crippen LogP contribution is -1.73. The predicted molar refractivity (Wildman–Crippen MR) is 41.1 cm³/mol. The van der Waals surface area contributed by atoms with E-state index >= 15 is 0 Å². The molecule has 0 atom stereocenters. The van der Waals surface area contributed by atoms with Gasteiger partial charge in [0.15, 0.2) is 0 Å². The molecule has 0 aromatic carbocycles. The summed E-state index contributed by atoms with van der Waals surface area (Å²) in [6.45, 7) is 2.09. The molecule has 0 aliphatic carbocycles. The van der Waals surface area contributed by atoms with Crippen LogP contribution in [-0.4, -0.2) is 5.33 Å². The van der Waals surface area contributed by atoms with Crippen LogP contribution in [0.15, 0.2) is 10.6 Å². The van der Waals surface area contributed by atoms with E-state index in [4.69, 9.17) is 0 Å². The molecule has 0 unspecified atom stereocenters. The standard InChI is InChI=1S/C5H8Br2/c1-5(4-7)2-3-6/h4H,2-3H2,1H3. The second-order valence-electron chi connectivity index (χ2n) is 1.39. The molecule has 0 aromatic rings. The van der Waals surface area contributed by atoms with E-state index < -0.39 is 0 Å². The molecule has 42 valence electrons. The molecule has 7 heavy (non-hydrogen) atoms. The van der Waals surface area contributed by atoms with Crippen LogP contribution in [0.25, 0.3) is 0 Å². The highest BCUT2D eigenvalue weighted by molar-refractivity contribution is 9.11. The van der Waals surface area contributed by atoms with Crippen LogP contribution in [0.2, 0.25) is 0 Å². The normalized spacial score (nSPS) is 12.1. The van der Waals surface area contributed by atoms with Gasteiger partial charge < -0.3 is 0 Å². The lowest BCUT2D eigenvalue weighted by molar-refractivity contribution is 1.13. The molecule has 0 spiro atoms. The van der Waals surface area contributed by atoms with Crippen molar-refractivity contribution in [3.8, 4) is 0 Å². The fourth-order valence-electron chi connectivity index (χ4n) is 0.204. The smallest absolute Gasteiger partial charge is 0.00687 e. The molecule has 0 aliphatic rings. The second-order valence-corrected chi connectivity index (χ2v) is 2.65. The first-order chi connectivity index (χ1) is 3.31. The minimum absolute atomic E-state index is 1.06. The number of alkyl halides is 1. The Balaban J connectivity index is 3.17. The maximum Gasteiger partial charge on any atom is 0.00687 e. The first-order valence-corrected chi connectivity index (χ1v) is 4.16. The highest BCUT2D eigenvalue weighted by Crippen LogP contribution is 2.03. The van der Waals surface area contributed by atoms with Crippen LogP contribution < -0.4 is 0 Å². The summed E-state index contributed by atoms with van der Waals surface area (Å²) in [5.74, 6) is 0. The van der Waals surface area contributed by atoms with E-state index in [0.717, 1.165) is 11.8 Å². The van der Waals surface area contributed by atoms with Crippen molar-refractivity contribution in [2.24, 2.45) is 0 Å². The molecule has 0 fully saturated rings. The summed E-state index contributed by atoms with van der Waals surface area (Å²) >= 11 is 6.56. The molecule has 0 amide bonds. The van der Waals surface area contributed by atoms with Gasteiger partial charge in [-0.2, -0.15) is 0 Å². The second kappa shape index (κ2) is 4.85. The van der Waals surface area contributed by atoms with Crippen LogP contribution in [0.4, 0.5) is 0 Å². The van der Waals surface area contributed by atoms with Crippen LogP contribution in [0.3, 0.4) is 0 Å². The fourth-order valence-corrected chi connectivity index (χ4v) is 1.06. The van der Waals surface area contributed by atoms with E-state index in [2.05, 4.69) is 38.8 Å². The molecule has 0 N–H and O–H groups in total. The van der Waals surface area contributed by atoms with E-state index in [-0.39, 0.29) is 0 Å². The van der Waals surface area contributed by atoms with Crippen molar-refractivity contribution in [3.63, 3.8) is 0 Å². The Bertz CT molecular complexity index is 66.5. The zero-order chi connectivity index (χ0) is 5.70. The maximum absolute atomic E-state index is 3.33. The van der Waals surface area contributed by atoms with Gasteiger partial charge in [0.1, 0.15) is 0 Å². The number of hydrogen-bond donors (Lipinski definition) is 0. The summed E-state index contributed by atoms with van der Waals surface area (Å²) in [6.07, 6.45) is 1.13. The lowest BCUT2D eigenvalue weighted by Gasteiger charge is -1.88. The first kappa shape index (κ1) is 7.70. The fraction of sp³-hybridized carbons (Fsp3) is 0.600. The quantitative estimate of drug-likeness (QED) is 0.637. The van der Waals surface area contributed by atoms with Crippen molar-refractivity contribution in [1.82, 2.24) is 0 Å². The van der Waals surface area contributed by atoms with Gasteiger partial charge >= 0.3 is 0 Å². The van der Waals surface area contributed by atoms with Crippen molar-refractivity contribution in [2.45, 2.75) is 13.3 Å². The Morgan fingerprint density at radius 1 is 1.71 bits per heavy atom. The van der Waals surface area contributed by atoms with Gasteiger partial charge in [0.25, 0.3) is 0 Å². The molecule has 0 saturated carbocycles. The first-order valence-electron chi connectivity index (χ1n) is 2.13. The third kappa shape index (κ3) is 4.56. The highest BCUT2D eigenvalue weighted by atomic mass is 79.9. The number of halogens is 2. The molecule has 0 heterocycles. The third-order valence-corrected chi connectivity index (χ3v) is 1.85. The molecular formula is C5H8Br2. The van der Waals surface area contributed by atoms with Crippen molar-refractivity contribution in [1.29, 1.82) is 0 Å². The number of rotatable bonds is 2. The molecule has 0 nitrogen and oxygen atoms in total. The van der Waals surface area contributed by atoms with Crippen molar-refractivity contribution < 1.29 is 0 Å². The summed E-state index contributed by atoms with van der Waals surface area (Å²) < 4.78 is 0.